The Hall–Kier alpha value is -1.44. The minimum Gasteiger partial charge on any atom is -0.221 e. The van der Waals surface area contributed by atoms with E-state index in [2.05, 4.69) is 25.9 Å². The molecule has 0 bridgehead atoms. The van der Waals surface area contributed by atoms with Crippen LogP contribution in [-0.4, -0.2) is 22.4 Å². The molecular weight excluding hydrogens is 378 g/mol. The maximum Gasteiger partial charge on any atom is 0.270 e. The van der Waals surface area contributed by atoms with Crippen molar-refractivity contribution in [3.63, 3.8) is 0 Å². The number of nitrogens with zero attached hydrogens (tertiary/aromatic N) is 3. The van der Waals surface area contributed by atoms with Crippen LogP contribution in [0.1, 0.15) is 5.82 Å². The molecule has 2 heterocycles. The molecule has 0 N–H and O–H groups in total. The van der Waals surface area contributed by atoms with Gasteiger partial charge < -0.3 is 0 Å². The lowest BCUT2D eigenvalue weighted by molar-refractivity contribution is 0.588. The second kappa shape index (κ2) is 5.08. The number of halogens is 2. The van der Waals surface area contributed by atoms with Crippen LogP contribution in [-0.2, 0) is 10.0 Å². The van der Waals surface area contributed by atoms with Gasteiger partial charge in [-0.2, -0.15) is 0 Å². The number of hydrogen-bond donors (Lipinski definition) is 0. The zero-order chi connectivity index (χ0) is 15.2. The third kappa shape index (κ3) is 2.35. The molecule has 21 heavy (non-hydrogen) atoms. The Morgan fingerprint density at radius 2 is 1.86 bits per heavy atom. The van der Waals surface area contributed by atoms with Crippen molar-refractivity contribution in [2.45, 2.75) is 11.8 Å². The summed E-state index contributed by atoms with van der Waals surface area (Å²) in [6, 6.07) is 9.74. The number of rotatable bonds is 2. The average molecular weight is 387 g/mol. The Morgan fingerprint density at radius 3 is 2.52 bits per heavy atom. The summed E-state index contributed by atoms with van der Waals surface area (Å²) >= 11 is 9.32. The van der Waals surface area contributed by atoms with Crippen LogP contribution in [0.25, 0.3) is 11.0 Å². The van der Waals surface area contributed by atoms with Gasteiger partial charge in [0, 0.05) is 0 Å². The predicted octanol–water partition coefficient (Wildman–Crippen LogP) is 3.39. The van der Waals surface area contributed by atoms with Gasteiger partial charge in [-0.05, 0) is 41.1 Å². The van der Waals surface area contributed by atoms with Gasteiger partial charge in [-0.3, -0.25) is 0 Å². The van der Waals surface area contributed by atoms with Crippen molar-refractivity contribution in [1.82, 2.24) is 13.9 Å². The minimum absolute atomic E-state index is 0.176. The molecule has 0 saturated heterocycles. The second-order valence-electron chi connectivity index (χ2n) is 4.35. The lowest BCUT2D eigenvalue weighted by atomic mass is 10.4. The topological polar surface area (TPSA) is 64.8 Å². The van der Waals surface area contributed by atoms with E-state index >= 15 is 0 Å². The zero-order valence-corrected chi connectivity index (χ0v) is 13.9. The van der Waals surface area contributed by atoms with Gasteiger partial charge in [0.25, 0.3) is 10.0 Å². The van der Waals surface area contributed by atoms with Crippen LogP contribution < -0.4 is 0 Å². The maximum atomic E-state index is 12.8. The van der Waals surface area contributed by atoms with Crippen molar-refractivity contribution in [2.24, 2.45) is 0 Å². The van der Waals surface area contributed by atoms with Crippen molar-refractivity contribution < 1.29 is 8.42 Å². The SMILES string of the molecule is Cc1nc(Cl)c2cc(Br)n(S(=O)(=O)c3ccccc3)c2n1. The highest BCUT2D eigenvalue weighted by atomic mass is 79.9. The molecule has 0 spiro atoms. The van der Waals surface area contributed by atoms with Crippen molar-refractivity contribution >= 4 is 48.6 Å². The summed E-state index contributed by atoms with van der Waals surface area (Å²) in [5.74, 6) is 0.405. The van der Waals surface area contributed by atoms with Crippen LogP contribution in [0.2, 0.25) is 5.15 Å². The smallest absolute Gasteiger partial charge is 0.221 e. The number of fused-ring (bicyclic) bond motifs is 1. The van der Waals surface area contributed by atoms with E-state index in [0.29, 0.717) is 15.8 Å². The average Bonchev–Trinajstić information content (AvgIpc) is 2.77. The third-order valence-electron chi connectivity index (χ3n) is 2.92. The van der Waals surface area contributed by atoms with Gasteiger partial charge >= 0.3 is 0 Å². The molecule has 0 radical (unpaired) electrons. The number of aryl methyl sites for hydroxylation is 1. The molecule has 0 amide bonds. The summed E-state index contributed by atoms with van der Waals surface area (Å²) in [4.78, 5) is 8.42. The highest BCUT2D eigenvalue weighted by Crippen LogP contribution is 2.31. The molecule has 0 aliphatic rings. The summed E-state index contributed by atoms with van der Waals surface area (Å²) in [6.07, 6.45) is 0. The molecule has 0 aliphatic heterocycles. The third-order valence-corrected chi connectivity index (χ3v) is 5.75. The van der Waals surface area contributed by atoms with Crippen LogP contribution in [0.4, 0.5) is 0 Å². The first-order valence-electron chi connectivity index (χ1n) is 5.93. The monoisotopic (exact) mass is 385 g/mol. The normalized spacial score (nSPS) is 12.0. The van der Waals surface area contributed by atoms with E-state index in [-0.39, 0.29) is 15.7 Å². The lowest BCUT2D eigenvalue weighted by Crippen LogP contribution is -2.14. The molecule has 1 aromatic carbocycles. The van der Waals surface area contributed by atoms with E-state index in [1.807, 2.05) is 0 Å². The fourth-order valence-electron chi connectivity index (χ4n) is 2.02. The number of hydrogen-bond acceptors (Lipinski definition) is 4. The molecule has 3 rings (SSSR count). The predicted molar refractivity (Wildman–Crippen MR) is 84.0 cm³/mol. The molecule has 0 aliphatic carbocycles. The van der Waals surface area contributed by atoms with Gasteiger partial charge in [-0.1, -0.05) is 29.8 Å². The Labute approximate surface area is 134 Å². The molecule has 108 valence electrons. The molecule has 2 aromatic heterocycles. The van der Waals surface area contributed by atoms with E-state index in [1.54, 1.807) is 31.2 Å². The Balaban J connectivity index is 2.38. The van der Waals surface area contributed by atoms with E-state index in [1.165, 1.54) is 12.1 Å². The van der Waals surface area contributed by atoms with E-state index in [9.17, 15) is 8.42 Å². The van der Waals surface area contributed by atoms with Crippen molar-refractivity contribution in [3.05, 3.63) is 52.0 Å². The van der Waals surface area contributed by atoms with Gasteiger partial charge in [-0.25, -0.2) is 22.4 Å². The second-order valence-corrected chi connectivity index (χ2v) is 7.31. The molecule has 0 unspecified atom stereocenters. The summed E-state index contributed by atoms with van der Waals surface area (Å²) in [7, 11) is -3.77. The first kappa shape index (κ1) is 14.5. The molecular formula is C13H9BrClN3O2S. The summed E-state index contributed by atoms with van der Waals surface area (Å²) in [5.41, 5.74) is 0.253. The van der Waals surface area contributed by atoms with Gasteiger partial charge in [0.15, 0.2) is 5.65 Å². The number of aromatic nitrogens is 3. The number of benzene rings is 1. The lowest BCUT2D eigenvalue weighted by Gasteiger charge is -2.08. The van der Waals surface area contributed by atoms with Crippen LogP contribution in [0.5, 0.6) is 0 Å². The minimum atomic E-state index is -3.77. The van der Waals surface area contributed by atoms with Gasteiger partial charge in [0.05, 0.1) is 10.3 Å². The van der Waals surface area contributed by atoms with Crippen molar-refractivity contribution in [1.29, 1.82) is 0 Å². The summed E-state index contributed by atoms with van der Waals surface area (Å²) in [6.45, 7) is 1.66. The Bertz CT molecular complexity index is 939. The summed E-state index contributed by atoms with van der Waals surface area (Å²) < 4.78 is 27.0. The Kier molecular flexibility index (Phi) is 3.51. The van der Waals surface area contributed by atoms with E-state index < -0.39 is 10.0 Å². The van der Waals surface area contributed by atoms with Gasteiger partial charge in [-0.15, -0.1) is 0 Å². The molecule has 8 heteroatoms. The highest BCUT2D eigenvalue weighted by molar-refractivity contribution is 9.10. The zero-order valence-electron chi connectivity index (χ0n) is 10.8. The quantitative estimate of drug-likeness (QED) is 0.633. The fourth-order valence-corrected chi connectivity index (χ4v) is 4.61. The molecule has 5 nitrogen and oxygen atoms in total. The molecule has 0 fully saturated rings. The maximum absolute atomic E-state index is 12.8. The standard InChI is InChI=1S/C13H9BrClN3O2S/c1-8-16-12(15)10-7-11(14)18(13(10)17-8)21(19,20)9-5-3-2-4-6-9/h2-7H,1H3. The largest absolute Gasteiger partial charge is 0.270 e. The van der Waals surface area contributed by atoms with E-state index in [4.69, 9.17) is 11.6 Å². The van der Waals surface area contributed by atoms with Crippen LogP contribution in [0.15, 0.2) is 45.9 Å². The van der Waals surface area contributed by atoms with E-state index in [0.717, 1.165) is 3.97 Å². The first-order chi connectivity index (χ1) is 9.91. The van der Waals surface area contributed by atoms with Crippen LogP contribution in [0, 0.1) is 6.92 Å². The van der Waals surface area contributed by atoms with Gasteiger partial charge in [0.2, 0.25) is 0 Å². The molecule has 3 aromatic rings. The van der Waals surface area contributed by atoms with Gasteiger partial charge in [0.1, 0.15) is 15.6 Å². The fraction of sp³-hybridized carbons (Fsp3) is 0.0769. The first-order valence-corrected chi connectivity index (χ1v) is 8.54. The van der Waals surface area contributed by atoms with Crippen LogP contribution >= 0.6 is 27.5 Å². The molecule has 0 saturated carbocycles. The summed E-state index contributed by atoms with van der Waals surface area (Å²) in [5, 5.41) is 0.703. The van der Waals surface area contributed by atoms with Crippen molar-refractivity contribution in [3.8, 4) is 0 Å². The van der Waals surface area contributed by atoms with Crippen molar-refractivity contribution in [2.75, 3.05) is 0 Å². The Morgan fingerprint density at radius 1 is 1.19 bits per heavy atom. The highest BCUT2D eigenvalue weighted by Gasteiger charge is 2.24. The van der Waals surface area contributed by atoms with Crippen LogP contribution in [0.3, 0.4) is 0 Å². The molecule has 0 atom stereocenters.